The van der Waals surface area contributed by atoms with Crippen LogP contribution in [0.25, 0.3) is 21.8 Å². The van der Waals surface area contributed by atoms with Crippen LogP contribution in [-0.2, 0) is 48.9 Å². The molecule has 0 radical (unpaired) electrons. The highest BCUT2D eigenvalue weighted by Crippen LogP contribution is 2.43. The number of rotatable bonds is 18. The van der Waals surface area contributed by atoms with Gasteiger partial charge in [-0.15, -0.1) is 0 Å². The van der Waals surface area contributed by atoms with Crippen LogP contribution in [0.15, 0.2) is 82.6 Å². The number of esters is 2. The number of anilines is 2. The van der Waals surface area contributed by atoms with Gasteiger partial charge in [-0.3, -0.25) is 20.2 Å². The van der Waals surface area contributed by atoms with Crippen molar-refractivity contribution in [3.8, 4) is 0 Å². The van der Waals surface area contributed by atoms with Gasteiger partial charge in [0.1, 0.15) is 34.0 Å². The first-order valence-corrected chi connectivity index (χ1v) is 42.9. The molecule has 18 nitrogen and oxygen atoms in total. The third kappa shape index (κ3) is 22.8. The molecule has 3 heterocycles. The van der Waals surface area contributed by atoms with Gasteiger partial charge < -0.3 is 46.2 Å². The number of alkyl halides is 1. The number of aromatic nitrogens is 2. The van der Waals surface area contributed by atoms with Crippen LogP contribution in [0.1, 0.15) is 216 Å². The molecule has 104 heavy (non-hydrogen) atoms. The van der Waals surface area contributed by atoms with Gasteiger partial charge in [-0.1, -0.05) is 134 Å². The molecule has 1 saturated heterocycles. The molecule has 6 aromatic rings. The Morgan fingerprint density at radius 3 is 1.29 bits per heavy atom. The lowest BCUT2D eigenvalue weighted by Gasteiger charge is -2.40. The Bertz CT molecular complexity index is 4220. The Balaban J connectivity index is 0.000000306. The highest BCUT2D eigenvalue weighted by molar-refractivity contribution is 9.08. The molecule has 7 rings (SSSR count). The standard InChI is InChI=1S/C36H50ClFN2O6Si.C30H48BNO6Si.C12H14BrClFNO2/c1-13-44-32(42)26-20-40(29(34(2,3)4)21-45-47(11,12)36(8,9)10)28-15-14-22(17-25(28)31(26)41)16-23-18-24(19-27(37)30(23)38)39-33(43)46-35(5,6)7;1-14-35-26(34)22-18-32(24(27(2,3)4)19-36-39(12,13)28(5,6)7)23-16-15-20(17-21(23)25(22)33)31-37-29(8,9)30(10,11)38-31;1-12(2,3)18-11(17)16-8-4-7(6-13)10(15)9(14)5-8/h14-15,17-20,29H,13,16,21H2,1-12H3,(H,39,43);15-18,24H,14,19H2,1-13H3;4-5H,6H2,1-3H3,(H,16,17)/t29-;24-;/m11./s1. The van der Waals surface area contributed by atoms with Gasteiger partial charge in [-0.05, 0) is 195 Å². The maximum absolute atomic E-state index is 15.3. The fourth-order valence-corrected chi connectivity index (χ4v) is 13.4. The molecule has 1 fully saturated rings. The van der Waals surface area contributed by atoms with Crippen LogP contribution in [0.3, 0.4) is 0 Å². The van der Waals surface area contributed by atoms with Crippen LogP contribution < -0.4 is 27.0 Å². The molecule has 1 aliphatic rings. The molecular formula is C78H112BBrCl2F2N4O14Si2. The molecule has 0 bridgehead atoms. The van der Waals surface area contributed by atoms with Crippen molar-refractivity contribution in [2.45, 2.75) is 249 Å². The Morgan fingerprint density at radius 2 is 0.933 bits per heavy atom. The normalized spacial score (nSPS) is 14.9. The lowest BCUT2D eigenvalue weighted by Crippen LogP contribution is -2.43. The van der Waals surface area contributed by atoms with Crippen molar-refractivity contribution >= 4 is 126 Å². The zero-order chi connectivity index (χ0) is 79.4. The second kappa shape index (κ2) is 33.7. The van der Waals surface area contributed by atoms with Gasteiger partial charge >= 0.3 is 31.2 Å². The Morgan fingerprint density at radius 1 is 0.567 bits per heavy atom. The van der Waals surface area contributed by atoms with Crippen molar-refractivity contribution in [2.75, 3.05) is 37.1 Å². The smallest absolute Gasteiger partial charge is 0.462 e. The van der Waals surface area contributed by atoms with E-state index in [1.54, 1.807) is 79.9 Å². The quantitative estimate of drug-likeness (QED) is 0.0355. The number of pyridine rings is 2. The molecule has 2 amide bonds. The van der Waals surface area contributed by atoms with Crippen LogP contribution in [0, 0.1) is 22.5 Å². The molecule has 0 saturated carbocycles. The van der Waals surface area contributed by atoms with E-state index in [1.807, 2.05) is 61.1 Å². The number of nitrogens with one attached hydrogen (secondary N) is 2. The van der Waals surface area contributed by atoms with E-state index in [4.69, 9.17) is 60.3 Å². The average Bonchev–Trinajstić information content (AvgIpc) is 1.33. The number of carbonyl (C=O) groups is 4. The lowest BCUT2D eigenvalue weighted by atomic mass is 9.78. The van der Waals surface area contributed by atoms with Crippen LogP contribution >= 0.6 is 39.1 Å². The number of carbonyl (C=O) groups excluding carboxylic acids is 4. The lowest BCUT2D eigenvalue weighted by molar-refractivity contribution is 0.00578. The Kier molecular flexibility index (Phi) is 28.7. The van der Waals surface area contributed by atoms with Gasteiger partial charge in [-0.2, -0.15) is 0 Å². The summed E-state index contributed by atoms with van der Waals surface area (Å²) in [5.41, 5.74) is 0.0990. The maximum atomic E-state index is 15.3. The monoisotopic (exact) mass is 1580 g/mol. The second-order valence-corrected chi connectivity index (χ2v) is 45.5. The van der Waals surface area contributed by atoms with E-state index in [1.165, 1.54) is 24.3 Å². The van der Waals surface area contributed by atoms with Gasteiger partial charge in [0.05, 0.1) is 70.8 Å². The third-order valence-corrected chi connectivity index (χ3v) is 29.3. The number of amides is 2. The molecular weight excluding hydrogens is 1470 g/mol. The first-order chi connectivity index (χ1) is 47.3. The van der Waals surface area contributed by atoms with Crippen LogP contribution in [0.5, 0.6) is 0 Å². The number of nitrogens with zero attached hydrogens (tertiary/aromatic N) is 2. The number of hydrogen-bond donors (Lipinski definition) is 2. The Hall–Kier alpha value is -5.96. The summed E-state index contributed by atoms with van der Waals surface area (Å²) in [5.74, 6) is -2.48. The predicted octanol–water partition coefficient (Wildman–Crippen LogP) is 20.3. The number of halogens is 5. The van der Waals surface area contributed by atoms with Crippen molar-refractivity contribution in [1.29, 1.82) is 0 Å². The molecule has 2 N–H and O–H groups in total. The summed E-state index contributed by atoms with van der Waals surface area (Å²) in [6, 6.07) is 16.2. The molecule has 0 unspecified atom stereocenters. The zero-order valence-electron chi connectivity index (χ0n) is 66.4. The minimum absolute atomic E-state index is 0.00998. The topological polar surface area (TPSA) is 210 Å². The largest absolute Gasteiger partial charge is 0.494 e. The van der Waals surface area contributed by atoms with Crippen LogP contribution in [0.4, 0.5) is 29.7 Å². The minimum atomic E-state index is -2.14. The van der Waals surface area contributed by atoms with E-state index in [-0.39, 0.29) is 90.5 Å². The molecule has 1 aliphatic heterocycles. The SMILES string of the molecule is CC(C)(C)OC(=O)Nc1cc(Cl)c(F)c(CBr)c1.CCOC(=O)c1cn([C@H](CO[Si](C)(C)C(C)(C)C)C(C)(C)C)c2ccc(B3OC(C)(C)C(C)(C)O3)cc2c1=O.CCOC(=O)c1cn([C@H](CO[Si](C)(C)C(C)(C)C)C(C)(C)C)c2ccc(Cc3cc(NC(=O)OC(C)(C)C)cc(Cl)c3F)cc2c1=O. The molecule has 2 aromatic heterocycles. The summed E-state index contributed by atoms with van der Waals surface area (Å²) >= 11 is 15.1. The van der Waals surface area contributed by atoms with Crippen molar-refractivity contribution in [2.24, 2.45) is 10.8 Å². The first kappa shape index (κ1) is 88.7. The summed E-state index contributed by atoms with van der Waals surface area (Å²) in [6.07, 6.45) is 1.99. The van der Waals surface area contributed by atoms with Crippen molar-refractivity contribution in [3.63, 3.8) is 0 Å². The zero-order valence-corrected chi connectivity index (χ0v) is 71.5. The number of benzene rings is 4. The summed E-state index contributed by atoms with van der Waals surface area (Å²) in [7, 11) is -4.83. The molecule has 0 aliphatic carbocycles. The van der Waals surface area contributed by atoms with E-state index in [9.17, 15) is 33.2 Å². The van der Waals surface area contributed by atoms with Crippen LogP contribution in [0.2, 0.25) is 46.3 Å². The molecule has 26 heteroatoms. The van der Waals surface area contributed by atoms with E-state index in [0.717, 1.165) is 11.0 Å². The van der Waals surface area contributed by atoms with Gasteiger partial charge in [-0.25, -0.2) is 28.0 Å². The van der Waals surface area contributed by atoms with Gasteiger partial charge in [0.15, 0.2) is 16.6 Å². The number of ether oxygens (including phenoxy) is 4. The summed E-state index contributed by atoms with van der Waals surface area (Å²) in [6.45, 7) is 57.8. The molecule has 2 atom stereocenters. The fraction of sp³-hybridized carbons (Fsp3) is 0.564. The average molecular weight is 1590 g/mol. The van der Waals surface area contributed by atoms with E-state index >= 15 is 4.39 Å². The summed E-state index contributed by atoms with van der Waals surface area (Å²) < 4.78 is 79.6. The van der Waals surface area contributed by atoms with Gasteiger partial charge in [0, 0.05) is 51.9 Å². The summed E-state index contributed by atoms with van der Waals surface area (Å²) in [5, 5.41) is 5.97. The maximum Gasteiger partial charge on any atom is 0.494 e. The van der Waals surface area contributed by atoms with Crippen molar-refractivity contribution in [3.05, 3.63) is 143 Å². The highest BCUT2D eigenvalue weighted by atomic mass is 79.9. The summed E-state index contributed by atoms with van der Waals surface area (Å²) in [4.78, 5) is 77.5. The highest BCUT2D eigenvalue weighted by Gasteiger charge is 2.52. The van der Waals surface area contributed by atoms with E-state index < -0.39 is 87.3 Å². The van der Waals surface area contributed by atoms with E-state index in [2.05, 4.69) is 136 Å². The number of fused-ring (bicyclic) bond motifs is 2. The second-order valence-electron chi connectivity index (χ2n) is 34.5. The van der Waals surface area contributed by atoms with Gasteiger partial charge in [0.2, 0.25) is 10.9 Å². The van der Waals surface area contributed by atoms with E-state index in [0.29, 0.717) is 51.6 Å². The number of hydrogen-bond acceptors (Lipinski definition) is 14. The molecule has 4 aromatic carbocycles. The van der Waals surface area contributed by atoms with Crippen molar-refractivity contribution < 1.29 is 65.1 Å². The van der Waals surface area contributed by atoms with Crippen LogP contribution in [-0.4, -0.2) is 106 Å². The molecule has 0 spiro atoms. The minimum Gasteiger partial charge on any atom is -0.462 e. The fourth-order valence-electron chi connectivity index (χ4n) is 10.5. The van der Waals surface area contributed by atoms with Gasteiger partial charge in [0.25, 0.3) is 0 Å². The third-order valence-electron chi connectivity index (χ3n) is 19.2. The first-order valence-electron chi connectivity index (χ1n) is 35.2. The Labute approximate surface area is 635 Å². The van der Waals surface area contributed by atoms with Crippen molar-refractivity contribution in [1.82, 2.24) is 9.13 Å². The predicted molar refractivity (Wildman–Crippen MR) is 425 cm³/mol. The molecule has 574 valence electrons.